The van der Waals surface area contributed by atoms with E-state index in [1.54, 1.807) is 16.4 Å². The summed E-state index contributed by atoms with van der Waals surface area (Å²) in [5, 5.41) is 5.85. The molecule has 3 amide bonds. The Balaban J connectivity index is 1.56. The van der Waals surface area contributed by atoms with Crippen LogP contribution in [-0.4, -0.2) is 50.3 Å². The fraction of sp³-hybridized carbons (Fsp3) is 0.500. The summed E-state index contributed by atoms with van der Waals surface area (Å²) in [6.45, 7) is 7.07. The lowest BCUT2D eigenvalue weighted by atomic mass is 9.93. The number of unbranched alkanes of at least 4 members (excludes halogenated alkanes) is 1. The molecule has 2 heterocycles. The first kappa shape index (κ1) is 22.0. The van der Waals surface area contributed by atoms with Gasteiger partial charge in [-0.05, 0) is 38.7 Å². The molecule has 1 fully saturated rings. The van der Waals surface area contributed by atoms with Crippen molar-refractivity contribution in [2.24, 2.45) is 0 Å². The normalized spacial score (nSPS) is 20.1. The number of aryl methyl sites for hydroxylation is 1. The van der Waals surface area contributed by atoms with E-state index in [-0.39, 0.29) is 41.7 Å². The third kappa shape index (κ3) is 4.13. The number of hydrogen-bond acceptors (Lipinski definition) is 4. The Bertz CT molecular complexity index is 1020. The Hall–Kier alpha value is -3.16. The molecule has 1 aliphatic heterocycles. The zero-order valence-electron chi connectivity index (χ0n) is 19.0. The summed E-state index contributed by atoms with van der Waals surface area (Å²) < 4.78 is 1.65. The summed E-state index contributed by atoms with van der Waals surface area (Å²) in [5.74, 6) is -0.847. The zero-order chi connectivity index (χ0) is 22.9. The minimum atomic E-state index is -1.05. The van der Waals surface area contributed by atoms with Crippen LogP contribution in [-0.2, 0) is 17.9 Å². The van der Waals surface area contributed by atoms with Crippen molar-refractivity contribution in [1.82, 2.24) is 25.1 Å². The number of imidazole rings is 1. The van der Waals surface area contributed by atoms with Crippen LogP contribution in [0.25, 0.3) is 0 Å². The predicted octanol–water partition coefficient (Wildman–Crippen LogP) is 2.41. The zero-order valence-corrected chi connectivity index (χ0v) is 19.0. The molecule has 0 spiro atoms. The quantitative estimate of drug-likeness (QED) is 0.620. The van der Waals surface area contributed by atoms with Crippen molar-refractivity contribution in [3.8, 4) is 0 Å². The molecule has 1 aromatic heterocycles. The van der Waals surface area contributed by atoms with Gasteiger partial charge in [-0.2, -0.15) is 0 Å². The summed E-state index contributed by atoms with van der Waals surface area (Å²) in [6.07, 6.45) is 5.05. The molecule has 0 saturated heterocycles. The molecule has 1 saturated carbocycles. The van der Waals surface area contributed by atoms with Gasteiger partial charge in [-0.3, -0.25) is 14.4 Å². The van der Waals surface area contributed by atoms with Crippen LogP contribution in [0, 0.1) is 6.92 Å². The van der Waals surface area contributed by atoms with Crippen LogP contribution in [0.2, 0.25) is 0 Å². The maximum Gasteiger partial charge on any atom is 0.274 e. The number of nitrogens with one attached hydrogen (secondary N) is 2. The average molecular weight is 438 g/mol. The molecule has 4 rings (SSSR count). The van der Waals surface area contributed by atoms with Crippen molar-refractivity contribution in [1.29, 1.82) is 0 Å². The number of hydrogen-bond donors (Lipinski definition) is 2. The van der Waals surface area contributed by atoms with Gasteiger partial charge >= 0.3 is 0 Å². The van der Waals surface area contributed by atoms with E-state index in [1.165, 1.54) is 6.33 Å². The smallest absolute Gasteiger partial charge is 0.274 e. The molecule has 0 bridgehead atoms. The van der Waals surface area contributed by atoms with Crippen LogP contribution in [0.15, 0.2) is 30.6 Å². The van der Waals surface area contributed by atoms with Gasteiger partial charge in [-0.25, -0.2) is 4.98 Å². The van der Waals surface area contributed by atoms with E-state index >= 15 is 0 Å². The topological polar surface area (TPSA) is 96.3 Å². The number of carbonyl (C=O) groups is 3. The van der Waals surface area contributed by atoms with Crippen molar-refractivity contribution < 1.29 is 14.4 Å². The molecule has 8 heteroatoms. The summed E-state index contributed by atoms with van der Waals surface area (Å²) in [5.41, 5.74) is 1.52. The lowest BCUT2D eigenvalue weighted by Gasteiger charge is -2.44. The minimum Gasteiger partial charge on any atom is -0.351 e. The molecule has 2 aliphatic rings. The highest BCUT2D eigenvalue weighted by molar-refractivity contribution is 6.07. The molecule has 0 radical (unpaired) electrons. The van der Waals surface area contributed by atoms with E-state index in [0.717, 1.165) is 36.8 Å². The van der Waals surface area contributed by atoms with Gasteiger partial charge in [0.15, 0.2) is 5.69 Å². The van der Waals surface area contributed by atoms with Crippen LogP contribution in [0.4, 0.5) is 0 Å². The second-order valence-corrected chi connectivity index (χ2v) is 9.03. The van der Waals surface area contributed by atoms with Gasteiger partial charge in [-0.15, -0.1) is 0 Å². The van der Waals surface area contributed by atoms with Crippen molar-refractivity contribution in [3.63, 3.8) is 0 Å². The van der Waals surface area contributed by atoms with Gasteiger partial charge in [0.25, 0.3) is 11.8 Å². The third-order valence-electron chi connectivity index (χ3n) is 6.27. The minimum absolute atomic E-state index is 0.0114. The SMILES string of the molecule is CCCCNC(=O)c1ncn2c1C(=O)N(C1CC1)C(C)(C(=O)NCc1ccc(C)cc1)C2. The van der Waals surface area contributed by atoms with Gasteiger partial charge in [0.05, 0.1) is 12.9 Å². The number of nitrogens with zero attached hydrogens (tertiary/aromatic N) is 3. The molecule has 8 nitrogen and oxygen atoms in total. The number of aromatic nitrogens is 2. The summed E-state index contributed by atoms with van der Waals surface area (Å²) in [7, 11) is 0. The first-order chi connectivity index (χ1) is 15.3. The van der Waals surface area contributed by atoms with Crippen LogP contribution in [0.1, 0.15) is 71.6 Å². The first-order valence-corrected chi connectivity index (χ1v) is 11.4. The second kappa shape index (κ2) is 8.76. The molecule has 1 aromatic carbocycles. The Morgan fingerprint density at radius 1 is 1.19 bits per heavy atom. The predicted molar refractivity (Wildman–Crippen MR) is 120 cm³/mol. The van der Waals surface area contributed by atoms with E-state index in [9.17, 15) is 14.4 Å². The van der Waals surface area contributed by atoms with Gasteiger partial charge in [0.1, 0.15) is 11.2 Å². The van der Waals surface area contributed by atoms with E-state index in [2.05, 4.69) is 15.6 Å². The Morgan fingerprint density at radius 3 is 2.56 bits per heavy atom. The average Bonchev–Trinajstić information content (AvgIpc) is 3.51. The monoisotopic (exact) mass is 437 g/mol. The van der Waals surface area contributed by atoms with Crippen molar-refractivity contribution in [2.75, 3.05) is 6.54 Å². The van der Waals surface area contributed by atoms with Gasteiger partial charge in [0, 0.05) is 19.1 Å². The molecular formula is C24H31N5O3. The standard InChI is InChI=1S/C24H31N5O3/c1-4-5-12-25-21(30)19-20-22(31)29(18-10-11-18)24(3,14-28(20)15-27-19)23(32)26-13-17-8-6-16(2)7-9-17/h6-9,15,18H,4-5,10-14H2,1-3H3,(H,25,30)(H,26,32). The van der Waals surface area contributed by atoms with Crippen LogP contribution in [0.5, 0.6) is 0 Å². The lowest BCUT2D eigenvalue weighted by molar-refractivity contribution is -0.133. The number of fused-ring (bicyclic) bond motifs is 1. The number of rotatable bonds is 8. The number of carbonyl (C=O) groups excluding carboxylic acids is 3. The first-order valence-electron chi connectivity index (χ1n) is 11.4. The maximum absolute atomic E-state index is 13.6. The van der Waals surface area contributed by atoms with Crippen molar-refractivity contribution >= 4 is 17.7 Å². The fourth-order valence-corrected chi connectivity index (χ4v) is 4.26. The Morgan fingerprint density at radius 2 is 1.91 bits per heavy atom. The van der Waals surface area contributed by atoms with E-state index in [0.29, 0.717) is 13.1 Å². The summed E-state index contributed by atoms with van der Waals surface area (Å²) in [6, 6.07) is 8.00. The van der Waals surface area contributed by atoms with E-state index < -0.39 is 5.54 Å². The van der Waals surface area contributed by atoms with Gasteiger partial charge < -0.3 is 20.1 Å². The molecular weight excluding hydrogens is 406 g/mol. The Kier molecular flexibility index (Phi) is 6.04. The molecule has 2 aromatic rings. The fourth-order valence-electron chi connectivity index (χ4n) is 4.26. The largest absolute Gasteiger partial charge is 0.351 e. The van der Waals surface area contributed by atoms with Crippen molar-refractivity contribution in [2.45, 2.75) is 71.1 Å². The van der Waals surface area contributed by atoms with Gasteiger partial charge in [-0.1, -0.05) is 43.2 Å². The Labute approximate surface area is 188 Å². The van der Waals surface area contributed by atoms with E-state index in [1.807, 2.05) is 38.1 Å². The lowest BCUT2D eigenvalue weighted by Crippen LogP contribution is -2.64. The second-order valence-electron chi connectivity index (χ2n) is 9.03. The number of benzene rings is 1. The van der Waals surface area contributed by atoms with Crippen LogP contribution < -0.4 is 10.6 Å². The highest BCUT2D eigenvalue weighted by Crippen LogP contribution is 2.38. The number of amides is 3. The summed E-state index contributed by atoms with van der Waals surface area (Å²) in [4.78, 5) is 45.5. The van der Waals surface area contributed by atoms with Crippen molar-refractivity contribution in [3.05, 3.63) is 53.1 Å². The molecule has 1 unspecified atom stereocenters. The molecule has 1 aliphatic carbocycles. The highest BCUT2D eigenvalue weighted by atomic mass is 16.2. The maximum atomic E-state index is 13.6. The molecule has 2 N–H and O–H groups in total. The van der Waals surface area contributed by atoms with Crippen LogP contribution >= 0.6 is 0 Å². The van der Waals surface area contributed by atoms with Crippen LogP contribution in [0.3, 0.4) is 0 Å². The molecule has 32 heavy (non-hydrogen) atoms. The summed E-state index contributed by atoms with van der Waals surface area (Å²) >= 11 is 0. The molecule has 1 atom stereocenters. The highest BCUT2D eigenvalue weighted by Gasteiger charge is 2.53. The molecule has 170 valence electrons. The van der Waals surface area contributed by atoms with Gasteiger partial charge in [0.2, 0.25) is 5.91 Å². The third-order valence-corrected chi connectivity index (χ3v) is 6.27. The van der Waals surface area contributed by atoms with E-state index in [4.69, 9.17) is 0 Å².